The van der Waals surface area contributed by atoms with E-state index in [0.29, 0.717) is 12.6 Å². The van der Waals surface area contributed by atoms with E-state index in [1.807, 2.05) is 24.3 Å². The van der Waals surface area contributed by atoms with E-state index in [1.165, 1.54) is 12.8 Å². The van der Waals surface area contributed by atoms with Crippen molar-refractivity contribution in [2.45, 2.75) is 51.2 Å². The molecule has 1 amide bonds. The van der Waals surface area contributed by atoms with Gasteiger partial charge in [-0.2, -0.15) is 0 Å². The molecule has 5 heteroatoms. The number of hydrogen-bond donors (Lipinski definition) is 2. The van der Waals surface area contributed by atoms with Gasteiger partial charge < -0.3 is 15.4 Å². The highest BCUT2D eigenvalue weighted by atomic mass is 35.5. The molecular formula is C18H27ClN2O2. The predicted molar refractivity (Wildman–Crippen MR) is 94.0 cm³/mol. The van der Waals surface area contributed by atoms with Gasteiger partial charge in [0.1, 0.15) is 5.75 Å². The second-order valence-corrected chi connectivity index (χ2v) is 6.37. The molecule has 0 spiro atoms. The van der Waals surface area contributed by atoms with Gasteiger partial charge in [0.2, 0.25) is 5.91 Å². The smallest absolute Gasteiger partial charge is 0.223 e. The molecule has 0 unspecified atom stereocenters. The van der Waals surface area contributed by atoms with E-state index in [-0.39, 0.29) is 24.2 Å². The van der Waals surface area contributed by atoms with Gasteiger partial charge in [0.25, 0.3) is 0 Å². The Morgan fingerprint density at radius 1 is 1.13 bits per heavy atom. The summed E-state index contributed by atoms with van der Waals surface area (Å²) in [5, 5.41) is 6.38. The zero-order valence-electron chi connectivity index (χ0n) is 13.6. The first-order chi connectivity index (χ1) is 10.8. The van der Waals surface area contributed by atoms with E-state index < -0.39 is 0 Å². The maximum absolute atomic E-state index is 12.2. The molecule has 1 aromatic carbocycles. The van der Waals surface area contributed by atoms with Gasteiger partial charge in [-0.05, 0) is 57.7 Å². The minimum Gasteiger partial charge on any atom is -0.490 e. The Kier molecular flexibility index (Phi) is 7.18. The summed E-state index contributed by atoms with van der Waals surface area (Å²) in [6.45, 7) is 2.45. The van der Waals surface area contributed by atoms with Gasteiger partial charge in [0.05, 0.1) is 6.10 Å². The third kappa shape index (κ3) is 5.11. The number of hydrogen-bond acceptors (Lipinski definition) is 3. The maximum Gasteiger partial charge on any atom is 0.223 e. The van der Waals surface area contributed by atoms with Crippen LogP contribution < -0.4 is 15.4 Å². The van der Waals surface area contributed by atoms with Crippen LogP contribution in [0.4, 0.5) is 0 Å². The van der Waals surface area contributed by atoms with Crippen molar-refractivity contribution in [2.75, 3.05) is 13.1 Å². The third-order valence-electron chi connectivity index (χ3n) is 4.73. The molecule has 0 bridgehead atoms. The number of benzene rings is 1. The van der Waals surface area contributed by atoms with Crippen molar-refractivity contribution in [1.82, 2.24) is 10.6 Å². The van der Waals surface area contributed by atoms with Gasteiger partial charge in [-0.15, -0.1) is 12.4 Å². The number of para-hydroxylation sites is 1. The Bertz CT molecular complexity index is 498. The van der Waals surface area contributed by atoms with Gasteiger partial charge in [0, 0.05) is 18.0 Å². The van der Waals surface area contributed by atoms with Crippen molar-refractivity contribution >= 4 is 18.3 Å². The van der Waals surface area contributed by atoms with Crippen LogP contribution in [0.3, 0.4) is 0 Å². The molecule has 1 aromatic rings. The highest BCUT2D eigenvalue weighted by molar-refractivity contribution is 5.85. The lowest BCUT2D eigenvalue weighted by atomic mass is 9.97. The van der Waals surface area contributed by atoms with Crippen LogP contribution in [0.1, 0.15) is 44.1 Å². The maximum atomic E-state index is 12.2. The largest absolute Gasteiger partial charge is 0.490 e. The number of carbonyl (C=O) groups excluding carboxylic acids is 1. The van der Waals surface area contributed by atoms with Crippen molar-refractivity contribution < 1.29 is 9.53 Å². The molecule has 23 heavy (non-hydrogen) atoms. The van der Waals surface area contributed by atoms with Crippen molar-refractivity contribution in [3.8, 4) is 5.75 Å². The minimum atomic E-state index is 0. The number of amides is 1. The van der Waals surface area contributed by atoms with Crippen LogP contribution in [0.15, 0.2) is 24.3 Å². The summed E-state index contributed by atoms with van der Waals surface area (Å²) in [7, 11) is 0. The fourth-order valence-corrected chi connectivity index (χ4v) is 3.36. The summed E-state index contributed by atoms with van der Waals surface area (Å²) in [4.78, 5) is 12.2. The molecule has 2 fully saturated rings. The molecule has 1 heterocycles. The third-order valence-corrected chi connectivity index (χ3v) is 4.73. The van der Waals surface area contributed by atoms with Crippen LogP contribution in [0.25, 0.3) is 0 Å². The molecule has 3 rings (SSSR count). The highest BCUT2D eigenvalue weighted by Crippen LogP contribution is 2.26. The first-order valence-electron chi connectivity index (χ1n) is 8.56. The molecule has 1 saturated heterocycles. The number of piperidine rings is 1. The average molecular weight is 339 g/mol. The van der Waals surface area contributed by atoms with Crippen molar-refractivity contribution in [2.24, 2.45) is 5.92 Å². The molecule has 2 aliphatic rings. The van der Waals surface area contributed by atoms with Gasteiger partial charge in [-0.25, -0.2) is 0 Å². The van der Waals surface area contributed by atoms with E-state index in [0.717, 1.165) is 50.1 Å². The van der Waals surface area contributed by atoms with E-state index in [1.54, 1.807) is 0 Å². The van der Waals surface area contributed by atoms with E-state index in [2.05, 4.69) is 10.6 Å². The van der Waals surface area contributed by atoms with E-state index in [9.17, 15) is 4.79 Å². The first-order valence-corrected chi connectivity index (χ1v) is 8.56. The highest BCUT2D eigenvalue weighted by Gasteiger charge is 2.21. The summed E-state index contributed by atoms with van der Waals surface area (Å²) in [5.74, 6) is 1.27. The molecule has 0 aromatic heterocycles. The Morgan fingerprint density at radius 2 is 1.83 bits per heavy atom. The second-order valence-electron chi connectivity index (χ2n) is 6.37. The van der Waals surface area contributed by atoms with Crippen LogP contribution in [0.2, 0.25) is 0 Å². The molecule has 1 aliphatic heterocycles. The van der Waals surface area contributed by atoms with Crippen LogP contribution >= 0.6 is 12.4 Å². The SMILES string of the molecule is Cl.O=C(NCc1ccccc1OC1CCCC1)C1CCNCC1. The van der Waals surface area contributed by atoms with Gasteiger partial charge in [-0.1, -0.05) is 18.2 Å². The summed E-state index contributed by atoms with van der Waals surface area (Å²) in [6, 6.07) is 8.08. The quantitative estimate of drug-likeness (QED) is 0.867. The lowest BCUT2D eigenvalue weighted by molar-refractivity contribution is -0.125. The van der Waals surface area contributed by atoms with Gasteiger partial charge in [0.15, 0.2) is 0 Å². The Morgan fingerprint density at radius 3 is 2.57 bits per heavy atom. The average Bonchev–Trinajstić information content (AvgIpc) is 3.07. The molecule has 4 nitrogen and oxygen atoms in total. The van der Waals surface area contributed by atoms with Gasteiger partial charge in [-0.3, -0.25) is 4.79 Å². The number of nitrogens with one attached hydrogen (secondary N) is 2. The number of rotatable bonds is 5. The lowest BCUT2D eigenvalue weighted by Crippen LogP contribution is -2.37. The topological polar surface area (TPSA) is 50.4 Å². The van der Waals surface area contributed by atoms with Crippen LogP contribution in [-0.4, -0.2) is 25.1 Å². The normalized spacial score (nSPS) is 19.1. The lowest BCUT2D eigenvalue weighted by Gasteiger charge is -2.22. The van der Waals surface area contributed by atoms with Crippen molar-refractivity contribution in [1.29, 1.82) is 0 Å². The zero-order valence-corrected chi connectivity index (χ0v) is 14.4. The van der Waals surface area contributed by atoms with Gasteiger partial charge >= 0.3 is 0 Å². The van der Waals surface area contributed by atoms with Crippen molar-refractivity contribution in [3.63, 3.8) is 0 Å². The van der Waals surface area contributed by atoms with Crippen LogP contribution in [0, 0.1) is 5.92 Å². The monoisotopic (exact) mass is 338 g/mol. The fourth-order valence-electron chi connectivity index (χ4n) is 3.36. The molecule has 0 radical (unpaired) electrons. The first kappa shape index (κ1) is 18.1. The molecule has 0 atom stereocenters. The standard InChI is InChI=1S/C18H26N2O2.ClH/c21-18(14-9-11-19-12-10-14)20-13-15-5-1-4-8-17(15)22-16-6-2-3-7-16;/h1,4-5,8,14,16,19H,2-3,6-7,9-13H2,(H,20,21);1H. The number of carbonyl (C=O) groups is 1. The molecule has 1 saturated carbocycles. The van der Waals surface area contributed by atoms with Crippen LogP contribution in [0.5, 0.6) is 5.75 Å². The Labute approximate surface area is 144 Å². The zero-order chi connectivity index (χ0) is 15.2. The van der Waals surface area contributed by atoms with E-state index >= 15 is 0 Å². The second kappa shape index (κ2) is 9.14. The fraction of sp³-hybridized carbons (Fsp3) is 0.611. The minimum absolute atomic E-state index is 0. The van der Waals surface area contributed by atoms with E-state index in [4.69, 9.17) is 4.74 Å². The predicted octanol–water partition coefficient (Wildman–Crippen LogP) is 3.05. The summed E-state index contributed by atoms with van der Waals surface area (Å²) < 4.78 is 6.12. The molecule has 2 N–H and O–H groups in total. The summed E-state index contributed by atoms with van der Waals surface area (Å²) in [6.07, 6.45) is 7.05. The summed E-state index contributed by atoms with van der Waals surface area (Å²) in [5.41, 5.74) is 1.08. The molecule has 128 valence electrons. The Hall–Kier alpha value is -1.26. The Balaban J connectivity index is 0.00000192. The molecular weight excluding hydrogens is 312 g/mol. The summed E-state index contributed by atoms with van der Waals surface area (Å²) >= 11 is 0. The molecule has 1 aliphatic carbocycles. The van der Waals surface area contributed by atoms with Crippen molar-refractivity contribution in [3.05, 3.63) is 29.8 Å². The van der Waals surface area contributed by atoms with Crippen LogP contribution in [-0.2, 0) is 11.3 Å². The number of halogens is 1. The number of ether oxygens (including phenoxy) is 1.